The van der Waals surface area contributed by atoms with E-state index in [4.69, 9.17) is 4.74 Å². The van der Waals surface area contributed by atoms with Crippen molar-refractivity contribution in [3.8, 4) is 5.75 Å². The Morgan fingerprint density at radius 2 is 1.72 bits per heavy atom. The third-order valence-corrected chi connectivity index (χ3v) is 5.98. The average Bonchev–Trinajstić information content (AvgIpc) is 2.96. The van der Waals surface area contributed by atoms with Crippen LogP contribution in [0, 0.1) is 6.92 Å². The summed E-state index contributed by atoms with van der Waals surface area (Å²) in [5.41, 5.74) is 2.73. The van der Waals surface area contributed by atoms with Gasteiger partial charge in [0.1, 0.15) is 5.75 Å². The molecule has 2 aromatic carbocycles. The number of aromatic nitrogens is 2. The molecule has 0 atom stereocenters. The average molecular weight is 352 g/mol. The van der Waals surface area contributed by atoms with Crippen LogP contribution in [0.1, 0.15) is 5.56 Å². The maximum absolute atomic E-state index is 13.3. The zero-order valence-electron chi connectivity index (χ0n) is 13.8. The molecule has 25 heavy (non-hydrogen) atoms. The van der Waals surface area contributed by atoms with E-state index in [1.54, 1.807) is 42.6 Å². The number of methoxy groups -OCH3 is 1. The predicted molar refractivity (Wildman–Crippen MR) is 97.6 cm³/mol. The SMILES string of the molecule is COc1cnc2c3ccccc3n(S(=O)(=O)c3ccc(C)cc3)c2c1. The van der Waals surface area contributed by atoms with E-state index < -0.39 is 10.0 Å². The summed E-state index contributed by atoms with van der Waals surface area (Å²) >= 11 is 0. The lowest BCUT2D eigenvalue weighted by atomic mass is 10.2. The van der Waals surface area contributed by atoms with Crippen LogP contribution in [0.5, 0.6) is 5.75 Å². The van der Waals surface area contributed by atoms with Gasteiger partial charge in [-0.25, -0.2) is 12.4 Å². The van der Waals surface area contributed by atoms with Gasteiger partial charge >= 0.3 is 0 Å². The Hall–Kier alpha value is -2.86. The second kappa shape index (κ2) is 5.60. The Kier molecular flexibility index (Phi) is 3.51. The van der Waals surface area contributed by atoms with Gasteiger partial charge in [-0.3, -0.25) is 4.98 Å². The van der Waals surface area contributed by atoms with Crippen LogP contribution in [-0.4, -0.2) is 24.5 Å². The molecule has 0 aliphatic carbocycles. The molecule has 0 spiro atoms. The van der Waals surface area contributed by atoms with Crippen LogP contribution in [0.2, 0.25) is 0 Å². The molecular weight excluding hydrogens is 336 g/mol. The number of nitrogens with zero attached hydrogens (tertiary/aromatic N) is 2. The van der Waals surface area contributed by atoms with Crippen LogP contribution in [0.3, 0.4) is 0 Å². The number of aryl methyl sites for hydroxylation is 1. The molecule has 2 heterocycles. The Labute approximate surface area is 145 Å². The molecule has 0 N–H and O–H groups in total. The number of para-hydroxylation sites is 1. The van der Waals surface area contributed by atoms with Gasteiger partial charge in [-0.05, 0) is 25.1 Å². The first-order chi connectivity index (χ1) is 12.0. The normalized spacial score (nSPS) is 11.9. The highest BCUT2D eigenvalue weighted by Crippen LogP contribution is 2.32. The summed E-state index contributed by atoms with van der Waals surface area (Å²) in [5, 5.41) is 0.788. The Bertz CT molecular complexity index is 1190. The minimum atomic E-state index is -3.77. The molecule has 0 unspecified atom stereocenters. The quantitative estimate of drug-likeness (QED) is 0.563. The van der Waals surface area contributed by atoms with E-state index in [1.165, 1.54) is 11.1 Å². The first kappa shape index (κ1) is 15.7. The fourth-order valence-corrected chi connectivity index (χ4v) is 4.47. The van der Waals surface area contributed by atoms with Gasteiger partial charge in [0.2, 0.25) is 0 Å². The topological polar surface area (TPSA) is 61.2 Å². The van der Waals surface area contributed by atoms with E-state index in [0.717, 1.165) is 10.9 Å². The number of hydrogen-bond acceptors (Lipinski definition) is 4. The second-order valence-electron chi connectivity index (χ2n) is 5.84. The van der Waals surface area contributed by atoms with E-state index in [9.17, 15) is 8.42 Å². The summed E-state index contributed by atoms with van der Waals surface area (Å²) in [6.07, 6.45) is 1.59. The third kappa shape index (κ3) is 2.37. The lowest BCUT2D eigenvalue weighted by molar-refractivity contribution is 0.413. The van der Waals surface area contributed by atoms with E-state index in [-0.39, 0.29) is 4.90 Å². The number of rotatable bonds is 3. The Balaban J connectivity index is 2.13. The van der Waals surface area contributed by atoms with E-state index in [1.807, 2.05) is 25.1 Å². The Morgan fingerprint density at radius 3 is 2.44 bits per heavy atom. The van der Waals surface area contributed by atoms with Gasteiger partial charge in [-0.1, -0.05) is 35.9 Å². The number of benzene rings is 2. The summed E-state index contributed by atoms with van der Waals surface area (Å²) < 4.78 is 33.2. The number of pyridine rings is 1. The lowest BCUT2D eigenvalue weighted by Gasteiger charge is -2.10. The molecule has 2 aromatic heterocycles. The molecule has 6 heteroatoms. The van der Waals surface area contributed by atoms with Gasteiger partial charge in [0.15, 0.2) is 0 Å². The maximum atomic E-state index is 13.3. The van der Waals surface area contributed by atoms with Crippen LogP contribution in [-0.2, 0) is 10.0 Å². The number of hydrogen-bond donors (Lipinski definition) is 0. The standard InChI is InChI=1S/C19H16N2O3S/c1-13-7-9-15(10-8-13)25(22,23)21-17-6-4-3-5-16(17)19-18(21)11-14(24-2)12-20-19/h3-12H,1-2H3. The van der Waals surface area contributed by atoms with E-state index in [2.05, 4.69) is 4.98 Å². The van der Waals surface area contributed by atoms with Gasteiger partial charge in [-0.15, -0.1) is 0 Å². The van der Waals surface area contributed by atoms with Crippen molar-refractivity contribution in [3.05, 3.63) is 66.4 Å². The molecule has 0 aliphatic rings. The fourth-order valence-electron chi connectivity index (χ4n) is 2.96. The van der Waals surface area contributed by atoms with E-state index >= 15 is 0 Å². The smallest absolute Gasteiger partial charge is 0.268 e. The molecule has 0 aliphatic heterocycles. The largest absolute Gasteiger partial charge is 0.495 e. The zero-order valence-corrected chi connectivity index (χ0v) is 14.6. The minimum Gasteiger partial charge on any atom is -0.495 e. The minimum absolute atomic E-state index is 0.239. The highest BCUT2D eigenvalue weighted by Gasteiger charge is 2.24. The molecule has 126 valence electrons. The molecule has 0 saturated carbocycles. The van der Waals surface area contributed by atoms with Crippen LogP contribution in [0.4, 0.5) is 0 Å². The van der Waals surface area contributed by atoms with Crippen molar-refractivity contribution in [1.82, 2.24) is 8.96 Å². The third-order valence-electron chi connectivity index (χ3n) is 4.23. The molecule has 4 aromatic rings. The number of ether oxygens (including phenoxy) is 1. The van der Waals surface area contributed by atoms with Gasteiger partial charge in [0, 0.05) is 11.5 Å². The zero-order chi connectivity index (χ0) is 17.6. The number of fused-ring (bicyclic) bond motifs is 3. The first-order valence-corrected chi connectivity index (χ1v) is 9.22. The van der Waals surface area contributed by atoms with Crippen molar-refractivity contribution >= 4 is 32.0 Å². The van der Waals surface area contributed by atoms with Gasteiger partial charge < -0.3 is 4.74 Å². The van der Waals surface area contributed by atoms with E-state index in [0.29, 0.717) is 22.3 Å². The lowest BCUT2D eigenvalue weighted by Crippen LogP contribution is -2.12. The van der Waals surface area contributed by atoms with Crippen LogP contribution in [0.25, 0.3) is 21.9 Å². The highest BCUT2D eigenvalue weighted by atomic mass is 32.2. The van der Waals surface area contributed by atoms with Gasteiger partial charge in [0.25, 0.3) is 10.0 Å². The predicted octanol–water partition coefficient (Wildman–Crippen LogP) is 3.74. The molecule has 0 radical (unpaired) electrons. The van der Waals surface area contributed by atoms with Gasteiger partial charge in [-0.2, -0.15) is 0 Å². The monoisotopic (exact) mass is 352 g/mol. The molecule has 0 saturated heterocycles. The molecule has 0 amide bonds. The molecular formula is C19H16N2O3S. The van der Waals surface area contributed by atoms with Crippen LogP contribution < -0.4 is 4.74 Å². The van der Waals surface area contributed by atoms with Crippen LogP contribution in [0.15, 0.2) is 65.7 Å². The van der Waals surface area contributed by atoms with Crippen molar-refractivity contribution in [2.75, 3.05) is 7.11 Å². The second-order valence-corrected chi connectivity index (χ2v) is 7.63. The summed E-state index contributed by atoms with van der Waals surface area (Å²) in [4.78, 5) is 4.65. The van der Waals surface area contributed by atoms with Gasteiger partial charge in [0.05, 0.1) is 34.8 Å². The summed E-state index contributed by atoms with van der Waals surface area (Å²) in [6, 6.07) is 15.9. The fraction of sp³-hybridized carbons (Fsp3) is 0.105. The molecule has 4 rings (SSSR count). The van der Waals surface area contributed by atoms with Crippen molar-refractivity contribution in [1.29, 1.82) is 0 Å². The summed E-state index contributed by atoms with van der Waals surface area (Å²) in [6.45, 7) is 1.92. The van der Waals surface area contributed by atoms with Crippen molar-refractivity contribution in [3.63, 3.8) is 0 Å². The van der Waals surface area contributed by atoms with Crippen molar-refractivity contribution in [2.24, 2.45) is 0 Å². The molecule has 0 fully saturated rings. The molecule has 0 bridgehead atoms. The van der Waals surface area contributed by atoms with Crippen molar-refractivity contribution < 1.29 is 13.2 Å². The summed E-state index contributed by atoms with van der Waals surface area (Å²) in [5.74, 6) is 0.510. The van der Waals surface area contributed by atoms with Crippen LogP contribution >= 0.6 is 0 Å². The first-order valence-electron chi connectivity index (χ1n) is 7.78. The van der Waals surface area contributed by atoms with Crippen molar-refractivity contribution in [2.45, 2.75) is 11.8 Å². The maximum Gasteiger partial charge on any atom is 0.268 e. The Morgan fingerprint density at radius 1 is 1.00 bits per heavy atom. The molecule has 5 nitrogen and oxygen atoms in total. The summed E-state index contributed by atoms with van der Waals surface area (Å²) in [7, 11) is -2.24. The highest BCUT2D eigenvalue weighted by molar-refractivity contribution is 7.90.